The Balaban J connectivity index is 2.85. The second kappa shape index (κ2) is 5.21. The maximum atomic E-state index is 10.3. The van der Waals surface area contributed by atoms with Crippen molar-refractivity contribution < 1.29 is 19.7 Å². The molecule has 15 heavy (non-hydrogen) atoms. The van der Waals surface area contributed by atoms with E-state index in [-0.39, 0.29) is 13.2 Å². The van der Waals surface area contributed by atoms with Crippen LogP contribution >= 0.6 is 0 Å². The number of aliphatic hydroxyl groups excluding tert-OH is 1. The summed E-state index contributed by atoms with van der Waals surface area (Å²) in [6.07, 6.45) is -1.09. The molecule has 0 saturated carbocycles. The van der Waals surface area contributed by atoms with E-state index in [0.29, 0.717) is 11.3 Å². The van der Waals surface area contributed by atoms with Gasteiger partial charge in [-0.05, 0) is 17.7 Å². The first kappa shape index (κ1) is 11.3. The average molecular weight is 211 g/mol. The average Bonchev–Trinajstić information content (AvgIpc) is 2.25. The van der Waals surface area contributed by atoms with Crippen LogP contribution in [0.4, 0.5) is 4.79 Å². The van der Waals surface area contributed by atoms with Crippen LogP contribution in [0, 0.1) is 0 Å². The van der Waals surface area contributed by atoms with Crippen LogP contribution in [0.3, 0.4) is 0 Å². The summed E-state index contributed by atoms with van der Waals surface area (Å²) in [7, 11) is 1.51. The molecule has 0 spiro atoms. The molecule has 3 N–H and O–H groups in total. The number of carbonyl (C=O) groups is 1. The minimum absolute atomic E-state index is 0.0793. The van der Waals surface area contributed by atoms with Crippen molar-refractivity contribution in [1.82, 2.24) is 5.32 Å². The van der Waals surface area contributed by atoms with Crippen LogP contribution in [0.5, 0.6) is 5.75 Å². The number of aliphatic hydroxyl groups is 1. The number of nitrogens with one attached hydrogen (secondary N) is 1. The number of amides is 1. The first-order chi connectivity index (χ1) is 7.17. The SMILES string of the molecule is COc1ccc(CO)cc1CNC(=O)O. The van der Waals surface area contributed by atoms with Gasteiger partial charge in [-0.2, -0.15) is 0 Å². The zero-order valence-corrected chi connectivity index (χ0v) is 8.36. The monoisotopic (exact) mass is 211 g/mol. The van der Waals surface area contributed by atoms with Crippen LogP contribution in [0.2, 0.25) is 0 Å². The molecule has 0 fully saturated rings. The fourth-order valence-electron chi connectivity index (χ4n) is 1.24. The van der Waals surface area contributed by atoms with Crippen LogP contribution in [-0.2, 0) is 13.2 Å². The van der Waals surface area contributed by atoms with E-state index in [2.05, 4.69) is 5.32 Å². The summed E-state index contributed by atoms with van der Waals surface area (Å²) in [6.45, 7) is 0.0798. The highest BCUT2D eigenvalue weighted by atomic mass is 16.5. The molecule has 1 rings (SSSR count). The van der Waals surface area contributed by atoms with Crippen molar-refractivity contribution in [2.45, 2.75) is 13.2 Å². The van der Waals surface area contributed by atoms with Gasteiger partial charge in [-0.25, -0.2) is 4.79 Å². The topological polar surface area (TPSA) is 78.8 Å². The molecule has 0 unspecified atom stereocenters. The Morgan fingerprint density at radius 2 is 2.27 bits per heavy atom. The fourth-order valence-corrected chi connectivity index (χ4v) is 1.24. The van der Waals surface area contributed by atoms with Crippen LogP contribution in [0.25, 0.3) is 0 Å². The minimum atomic E-state index is -1.09. The van der Waals surface area contributed by atoms with Gasteiger partial charge in [0.25, 0.3) is 0 Å². The first-order valence-corrected chi connectivity index (χ1v) is 4.41. The van der Waals surface area contributed by atoms with Crippen molar-refractivity contribution in [3.63, 3.8) is 0 Å². The second-order valence-corrected chi connectivity index (χ2v) is 2.96. The smallest absolute Gasteiger partial charge is 0.404 e. The fraction of sp³-hybridized carbons (Fsp3) is 0.300. The summed E-state index contributed by atoms with van der Waals surface area (Å²) in [5, 5.41) is 19.6. The molecule has 0 aromatic heterocycles. The molecule has 0 aliphatic rings. The van der Waals surface area contributed by atoms with E-state index in [4.69, 9.17) is 14.9 Å². The maximum absolute atomic E-state index is 10.3. The third-order valence-corrected chi connectivity index (χ3v) is 1.96. The molecule has 5 nitrogen and oxygen atoms in total. The summed E-state index contributed by atoms with van der Waals surface area (Å²) in [6, 6.07) is 5.13. The lowest BCUT2D eigenvalue weighted by atomic mass is 10.1. The molecule has 0 atom stereocenters. The Hall–Kier alpha value is -1.75. The molecule has 1 aromatic carbocycles. The minimum Gasteiger partial charge on any atom is -0.496 e. The van der Waals surface area contributed by atoms with E-state index in [1.165, 1.54) is 7.11 Å². The van der Waals surface area contributed by atoms with Crippen LogP contribution < -0.4 is 10.1 Å². The first-order valence-electron chi connectivity index (χ1n) is 4.41. The number of hydrogen-bond donors (Lipinski definition) is 3. The largest absolute Gasteiger partial charge is 0.496 e. The van der Waals surface area contributed by atoms with Crippen molar-refractivity contribution in [1.29, 1.82) is 0 Å². The Kier molecular flexibility index (Phi) is 3.93. The quantitative estimate of drug-likeness (QED) is 0.693. The van der Waals surface area contributed by atoms with Crippen molar-refractivity contribution in [3.8, 4) is 5.75 Å². The molecule has 0 radical (unpaired) electrons. The van der Waals surface area contributed by atoms with E-state index in [1.807, 2.05) is 0 Å². The maximum Gasteiger partial charge on any atom is 0.404 e. The zero-order chi connectivity index (χ0) is 11.3. The van der Waals surface area contributed by atoms with Gasteiger partial charge in [0.05, 0.1) is 13.7 Å². The molecule has 0 heterocycles. The lowest BCUT2D eigenvalue weighted by molar-refractivity contribution is 0.194. The predicted molar refractivity (Wildman–Crippen MR) is 53.8 cm³/mol. The molecular weight excluding hydrogens is 198 g/mol. The van der Waals surface area contributed by atoms with Crippen LogP contribution in [0.1, 0.15) is 11.1 Å². The van der Waals surface area contributed by atoms with E-state index >= 15 is 0 Å². The third kappa shape index (κ3) is 3.14. The van der Waals surface area contributed by atoms with E-state index in [9.17, 15) is 4.79 Å². The molecular formula is C10H13NO4. The lowest BCUT2D eigenvalue weighted by Gasteiger charge is -2.09. The van der Waals surface area contributed by atoms with Gasteiger partial charge in [0.1, 0.15) is 5.75 Å². The number of benzene rings is 1. The highest BCUT2D eigenvalue weighted by Gasteiger charge is 2.05. The van der Waals surface area contributed by atoms with E-state index < -0.39 is 6.09 Å². The molecule has 82 valence electrons. The number of hydrogen-bond acceptors (Lipinski definition) is 3. The summed E-state index contributed by atoms with van der Waals surface area (Å²) in [5.74, 6) is 0.598. The molecule has 1 aromatic rings. The molecule has 0 aliphatic carbocycles. The van der Waals surface area contributed by atoms with Crippen molar-refractivity contribution in [2.24, 2.45) is 0 Å². The van der Waals surface area contributed by atoms with Gasteiger partial charge in [0.15, 0.2) is 0 Å². The van der Waals surface area contributed by atoms with Crippen molar-refractivity contribution >= 4 is 6.09 Å². The normalized spacial score (nSPS) is 9.73. The summed E-state index contributed by atoms with van der Waals surface area (Å²) in [5.41, 5.74) is 1.42. The molecule has 1 amide bonds. The highest BCUT2D eigenvalue weighted by Crippen LogP contribution is 2.19. The van der Waals surface area contributed by atoms with Gasteiger partial charge in [0.2, 0.25) is 0 Å². The van der Waals surface area contributed by atoms with Gasteiger partial charge in [-0.1, -0.05) is 6.07 Å². The molecule has 0 aliphatic heterocycles. The number of ether oxygens (including phenoxy) is 1. The summed E-state index contributed by atoms with van der Waals surface area (Å²) >= 11 is 0. The van der Waals surface area contributed by atoms with Gasteiger partial charge < -0.3 is 20.3 Å². The van der Waals surface area contributed by atoms with Gasteiger partial charge in [-0.15, -0.1) is 0 Å². The third-order valence-electron chi connectivity index (χ3n) is 1.96. The van der Waals surface area contributed by atoms with Gasteiger partial charge in [0, 0.05) is 12.1 Å². The second-order valence-electron chi connectivity index (χ2n) is 2.96. The number of methoxy groups -OCH3 is 1. The Morgan fingerprint density at radius 1 is 1.53 bits per heavy atom. The molecule has 0 bridgehead atoms. The molecule has 5 heteroatoms. The van der Waals surface area contributed by atoms with Crippen LogP contribution in [-0.4, -0.2) is 23.4 Å². The zero-order valence-electron chi connectivity index (χ0n) is 8.36. The Labute approximate surface area is 87.3 Å². The van der Waals surface area contributed by atoms with E-state index in [1.54, 1.807) is 18.2 Å². The van der Waals surface area contributed by atoms with E-state index in [0.717, 1.165) is 5.56 Å². The number of carboxylic acid groups (broad SMARTS) is 1. The summed E-state index contributed by atoms with van der Waals surface area (Å²) in [4.78, 5) is 10.3. The van der Waals surface area contributed by atoms with Gasteiger partial charge >= 0.3 is 6.09 Å². The lowest BCUT2D eigenvalue weighted by Crippen LogP contribution is -2.20. The Bertz CT molecular complexity index is 351. The van der Waals surface area contributed by atoms with Gasteiger partial charge in [-0.3, -0.25) is 0 Å². The number of rotatable bonds is 4. The predicted octanol–water partition coefficient (Wildman–Crippen LogP) is 0.955. The van der Waals surface area contributed by atoms with Crippen molar-refractivity contribution in [2.75, 3.05) is 7.11 Å². The Morgan fingerprint density at radius 3 is 2.80 bits per heavy atom. The summed E-state index contributed by atoms with van der Waals surface area (Å²) < 4.78 is 5.06. The highest BCUT2D eigenvalue weighted by molar-refractivity contribution is 5.64. The van der Waals surface area contributed by atoms with Crippen molar-refractivity contribution in [3.05, 3.63) is 29.3 Å². The standard InChI is InChI=1S/C10H13NO4/c1-15-9-3-2-7(6-12)4-8(9)5-11-10(13)14/h2-4,11-12H,5-6H2,1H3,(H,13,14). The molecule has 0 saturated heterocycles. The van der Waals surface area contributed by atoms with Crippen LogP contribution in [0.15, 0.2) is 18.2 Å².